The summed E-state index contributed by atoms with van der Waals surface area (Å²) in [6.07, 6.45) is 1.07. The molecule has 0 atom stereocenters. The molecule has 0 bridgehead atoms. The van der Waals surface area contributed by atoms with Crippen molar-refractivity contribution in [3.63, 3.8) is 0 Å². The first-order valence-electron chi connectivity index (χ1n) is 7.21. The Balaban J connectivity index is 2.08. The summed E-state index contributed by atoms with van der Waals surface area (Å²) in [5.41, 5.74) is 2.07. The van der Waals surface area contributed by atoms with Gasteiger partial charge < -0.3 is 4.74 Å². The van der Waals surface area contributed by atoms with E-state index in [-0.39, 0.29) is 13.2 Å². The van der Waals surface area contributed by atoms with E-state index in [2.05, 4.69) is 15.9 Å². The van der Waals surface area contributed by atoms with Crippen molar-refractivity contribution in [2.45, 2.75) is 13.5 Å². The van der Waals surface area contributed by atoms with Crippen LogP contribution in [0.25, 0.3) is 0 Å². The molecule has 0 unspecified atom stereocenters. The molecule has 128 valence electrons. The number of carbonyl (C=O) groups is 1. The van der Waals surface area contributed by atoms with Gasteiger partial charge in [0.15, 0.2) is 0 Å². The summed E-state index contributed by atoms with van der Waals surface area (Å²) in [6, 6.07) is 14.3. The van der Waals surface area contributed by atoms with E-state index in [4.69, 9.17) is 4.74 Å². The molecule has 0 saturated heterocycles. The van der Waals surface area contributed by atoms with E-state index in [0.29, 0.717) is 5.69 Å². The summed E-state index contributed by atoms with van der Waals surface area (Å²) < 4.78 is 31.3. The van der Waals surface area contributed by atoms with E-state index in [1.54, 1.807) is 25.1 Å². The average Bonchev–Trinajstić information content (AvgIpc) is 2.52. The van der Waals surface area contributed by atoms with Gasteiger partial charge in [-0.05, 0) is 36.2 Å². The third-order valence-corrected chi connectivity index (χ3v) is 5.03. The summed E-state index contributed by atoms with van der Waals surface area (Å²) in [4.78, 5) is 12.1. The summed E-state index contributed by atoms with van der Waals surface area (Å²) in [7, 11) is -3.60. The quantitative estimate of drug-likeness (QED) is 0.684. The molecule has 5 nitrogen and oxygen atoms in total. The van der Waals surface area contributed by atoms with Crippen LogP contribution in [0.5, 0.6) is 0 Å². The lowest BCUT2D eigenvalue weighted by Gasteiger charge is -2.23. The maximum atomic E-state index is 12.1. The third-order valence-electron chi connectivity index (χ3n) is 3.37. The normalized spacial score (nSPS) is 11.1. The van der Waals surface area contributed by atoms with E-state index >= 15 is 0 Å². The van der Waals surface area contributed by atoms with Crippen molar-refractivity contribution in [2.75, 3.05) is 17.1 Å². The first kappa shape index (κ1) is 18.5. The van der Waals surface area contributed by atoms with E-state index in [1.165, 1.54) is 0 Å². The molecule has 0 aromatic heterocycles. The van der Waals surface area contributed by atoms with Crippen LogP contribution in [0.1, 0.15) is 11.1 Å². The van der Waals surface area contributed by atoms with E-state index in [1.807, 2.05) is 30.3 Å². The first-order chi connectivity index (χ1) is 11.3. The van der Waals surface area contributed by atoms with Crippen LogP contribution in [0.3, 0.4) is 0 Å². The molecular weight excluding hydrogens is 394 g/mol. The highest BCUT2D eigenvalue weighted by Gasteiger charge is 2.22. The Hall–Kier alpha value is -1.86. The van der Waals surface area contributed by atoms with Crippen LogP contribution in [0.2, 0.25) is 0 Å². The molecule has 0 spiro atoms. The van der Waals surface area contributed by atoms with Crippen molar-refractivity contribution in [3.8, 4) is 0 Å². The number of esters is 1. The Bertz CT molecular complexity index is 819. The van der Waals surface area contributed by atoms with Crippen LogP contribution >= 0.6 is 15.9 Å². The van der Waals surface area contributed by atoms with E-state index in [0.717, 1.165) is 26.2 Å². The number of halogens is 1. The van der Waals surface area contributed by atoms with Crippen LogP contribution in [-0.2, 0) is 26.2 Å². The highest BCUT2D eigenvalue weighted by atomic mass is 79.9. The second-order valence-electron chi connectivity index (χ2n) is 5.34. The molecule has 0 N–H and O–H groups in total. The number of aryl methyl sites for hydroxylation is 1. The van der Waals surface area contributed by atoms with Crippen molar-refractivity contribution in [2.24, 2.45) is 0 Å². The number of para-hydroxylation sites is 1. The Morgan fingerprint density at radius 2 is 1.75 bits per heavy atom. The maximum Gasteiger partial charge on any atom is 0.327 e. The van der Waals surface area contributed by atoms with Crippen molar-refractivity contribution >= 4 is 37.6 Å². The topological polar surface area (TPSA) is 63.7 Å². The molecule has 0 radical (unpaired) electrons. The van der Waals surface area contributed by atoms with Gasteiger partial charge in [0.25, 0.3) is 0 Å². The number of rotatable bonds is 6. The lowest BCUT2D eigenvalue weighted by Crippen LogP contribution is -2.36. The fourth-order valence-electron chi connectivity index (χ4n) is 2.13. The third kappa shape index (κ3) is 5.07. The summed E-state index contributed by atoms with van der Waals surface area (Å²) in [6.45, 7) is 1.53. The molecule has 0 aliphatic rings. The fraction of sp³-hybridized carbons (Fsp3) is 0.235. The monoisotopic (exact) mass is 411 g/mol. The zero-order valence-corrected chi connectivity index (χ0v) is 15.8. The number of ether oxygens (including phenoxy) is 1. The van der Waals surface area contributed by atoms with Crippen LogP contribution in [0.15, 0.2) is 53.0 Å². The molecule has 0 heterocycles. The van der Waals surface area contributed by atoms with E-state index in [9.17, 15) is 13.2 Å². The lowest BCUT2D eigenvalue weighted by molar-refractivity contribution is -0.143. The second-order valence-corrected chi connectivity index (χ2v) is 8.17. The number of sulfonamides is 1. The predicted molar refractivity (Wildman–Crippen MR) is 97.3 cm³/mol. The lowest BCUT2D eigenvalue weighted by atomic mass is 10.2. The van der Waals surface area contributed by atoms with Gasteiger partial charge in [-0.1, -0.05) is 46.3 Å². The molecular formula is C17H18BrNO4S. The SMILES string of the molecule is Cc1ccccc1N(CC(=O)OCc1ccc(Br)cc1)S(C)(=O)=O. The zero-order valence-electron chi connectivity index (χ0n) is 13.4. The van der Waals surface area contributed by atoms with Crippen molar-refractivity contribution in [1.29, 1.82) is 0 Å². The van der Waals surface area contributed by atoms with Crippen LogP contribution < -0.4 is 4.31 Å². The van der Waals surface area contributed by atoms with Crippen molar-refractivity contribution in [3.05, 3.63) is 64.1 Å². The minimum absolute atomic E-state index is 0.0947. The van der Waals surface area contributed by atoms with Crippen molar-refractivity contribution in [1.82, 2.24) is 0 Å². The molecule has 0 amide bonds. The largest absolute Gasteiger partial charge is 0.459 e. The number of benzene rings is 2. The minimum Gasteiger partial charge on any atom is -0.459 e. The maximum absolute atomic E-state index is 12.1. The Morgan fingerprint density at radius 3 is 2.33 bits per heavy atom. The van der Waals surface area contributed by atoms with Gasteiger partial charge in [0.1, 0.15) is 13.2 Å². The number of carbonyl (C=O) groups excluding carboxylic acids is 1. The van der Waals surface area contributed by atoms with Gasteiger partial charge in [-0.15, -0.1) is 0 Å². The average molecular weight is 412 g/mol. The molecule has 0 aliphatic heterocycles. The van der Waals surface area contributed by atoms with Crippen LogP contribution in [0, 0.1) is 6.92 Å². The molecule has 2 aromatic carbocycles. The first-order valence-corrected chi connectivity index (χ1v) is 9.85. The predicted octanol–water partition coefficient (Wildman–Crippen LogP) is 3.27. The summed E-state index contributed by atoms with van der Waals surface area (Å²) in [5.74, 6) is -0.605. The van der Waals surface area contributed by atoms with Gasteiger partial charge in [0.05, 0.1) is 11.9 Å². The van der Waals surface area contributed by atoms with Gasteiger partial charge in [-0.3, -0.25) is 9.10 Å². The number of hydrogen-bond acceptors (Lipinski definition) is 4. The van der Waals surface area contributed by atoms with Crippen LogP contribution in [-0.4, -0.2) is 27.2 Å². The molecule has 0 fully saturated rings. The van der Waals surface area contributed by atoms with Gasteiger partial charge in [-0.2, -0.15) is 0 Å². The Morgan fingerprint density at radius 1 is 1.12 bits per heavy atom. The standard InChI is InChI=1S/C17H18BrNO4S/c1-13-5-3-4-6-16(13)19(24(2,21)22)11-17(20)23-12-14-7-9-15(18)10-8-14/h3-10H,11-12H2,1-2H3. The highest BCUT2D eigenvalue weighted by Crippen LogP contribution is 2.22. The molecule has 24 heavy (non-hydrogen) atoms. The number of anilines is 1. The number of hydrogen-bond donors (Lipinski definition) is 0. The molecule has 7 heteroatoms. The summed E-state index contributed by atoms with van der Waals surface area (Å²) in [5, 5.41) is 0. The van der Waals surface area contributed by atoms with Crippen LogP contribution in [0.4, 0.5) is 5.69 Å². The van der Waals surface area contributed by atoms with Gasteiger partial charge >= 0.3 is 5.97 Å². The molecule has 0 aliphatic carbocycles. The molecule has 2 rings (SSSR count). The van der Waals surface area contributed by atoms with Crippen molar-refractivity contribution < 1.29 is 17.9 Å². The molecule has 2 aromatic rings. The fourth-order valence-corrected chi connectivity index (χ4v) is 3.30. The number of nitrogens with zero attached hydrogens (tertiary/aromatic N) is 1. The van der Waals surface area contributed by atoms with Gasteiger partial charge in [-0.25, -0.2) is 8.42 Å². The van der Waals surface area contributed by atoms with Gasteiger partial charge in [0, 0.05) is 4.47 Å². The second kappa shape index (κ2) is 7.81. The summed E-state index contributed by atoms with van der Waals surface area (Å²) >= 11 is 3.33. The Labute approximate surface area is 150 Å². The zero-order chi connectivity index (χ0) is 17.7. The van der Waals surface area contributed by atoms with E-state index < -0.39 is 16.0 Å². The smallest absolute Gasteiger partial charge is 0.327 e. The van der Waals surface area contributed by atoms with Gasteiger partial charge in [0.2, 0.25) is 10.0 Å². The minimum atomic E-state index is -3.60. The Kier molecular flexibility index (Phi) is 6.01. The highest BCUT2D eigenvalue weighted by molar-refractivity contribution is 9.10. The molecule has 0 saturated carbocycles.